The molecule has 1 amide bonds. The summed E-state index contributed by atoms with van der Waals surface area (Å²) >= 11 is 1.70. The van der Waals surface area contributed by atoms with E-state index in [0.717, 1.165) is 12.8 Å². The number of nitrogens with one attached hydrogen (secondary N) is 1. The summed E-state index contributed by atoms with van der Waals surface area (Å²) in [6.45, 7) is 0.626. The van der Waals surface area contributed by atoms with E-state index in [2.05, 4.69) is 40.3 Å². The summed E-state index contributed by atoms with van der Waals surface area (Å²) in [5.74, 6) is 0.464. The molecule has 1 heterocycles. The predicted octanol–water partition coefficient (Wildman–Crippen LogP) is 4.22. The van der Waals surface area contributed by atoms with E-state index in [-0.39, 0.29) is 11.8 Å². The van der Waals surface area contributed by atoms with Crippen LogP contribution in [0.15, 0.2) is 41.1 Å². The number of hydrogen-bond acceptors (Lipinski definition) is 2. The van der Waals surface area contributed by atoms with Gasteiger partial charge in [-0.1, -0.05) is 37.1 Å². The quantitative estimate of drug-likeness (QED) is 0.895. The average Bonchev–Trinajstić information content (AvgIpc) is 3.17. The van der Waals surface area contributed by atoms with Crippen molar-refractivity contribution in [3.8, 4) is 11.1 Å². The lowest BCUT2D eigenvalue weighted by atomic mass is 10.0. The van der Waals surface area contributed by atoms with E-state index in [1.165, 1.54) is 29.5 Å². The van der Waals surface area contributed by atoms with E-state index in [1.54, 1.807) is 11.3 Å². The highest BCUT2D eigenvalue weighted by molar-refractivity contribution is 7.08. The third-order valence-corrected chi connectivity index (χ3v) is 4.71. The summed E-state index contributed by atoms with van der Waals surface area (Å²) in [6, 6.07) is 10.4. The number of carbonyl (C=O) groups excluding carboxylic acids is 1. The Morgan fingerprint density at radius 2 is 2.00 bits per heavy atom. The third kappa shape index (κ3) is 2.93. The van der Waals surface area contributed by atoms with Crippen molar-refractivity contribution in [1.82, 2.24) is 5.32 Å². The van der Waals surface area contributed by atoms with Gasteiger partial charge in [-0.25, -0.2) is 0 Å². The predicted molar refractivity (Wildman–Crippen MR) is 83.6 cm³/mol. The fourth-order valence-corrected chi connectivity index (χ4v) is 3.54. The van der Waals surface area contributed by atoms with Gasteiger partial charge in [-0.2, -0.15) is 11.3 Å². The largest absolute Gasteiger partial charge is 0.352 e. The molecule has 20 heavy (non-hydrogen) atoms. The molecule has 2 aromatic rings. The maximum Gasteiger partial charge on any atom is 0.223 e. The summed E-state index contributed by atoms with van der Waals surface area (Å²) in [6.07, 6.45) is 4.50. The normalized spacial score (nSPS) is 15.4. The molecule has 1 aliphatic rings. The summed E-state index contributed by atoms with van der Waals surface area (Å²) in [4.78, 5) is 12.1. The van der Waals surface area contributed by atoms with Crippen molar-refractivity contribution in [2.75, 3.05) is 0 Å². The maximum absolute atomic E-state index is 12.1. The molecule has 1 aromatic carbocycles. The Kier molecular flexibility index (Phi) is 4.16. The Labute approximate surface area is 123 Å². The van der Waals surface area contributed by atoms with Crippen molar-refractivity contribution in [3.63, 3.8) is 0 Å². The summed E-state index contributed by atoms with van der Waals surface area (Å²) < 4.78 is 0. The molecule has 1 saturated carbocycles. The van der Waals surface area contributed by atoms with E-state index >= 15 is 0 Å². The molecule has 0 atom stereocenters. The molecule has 1 aromatic heterocycles. The molecule has 0 aliphatic heterocycles. The molecule has 3 heteroatoms. The molecule has 0 radical (unpaired) electrons. The molecule has 2 nitrogen and oxygen atoms in total. The second kappa shape index (κ2) is 6.23. The number of benzene rings is 1. The standard InChI is InChI=1S/C17H19NOS/c19-17(13-5-1-2-6-13)18-11-14-7-3-4-8-16(14)15-9-10-20-12-15/h3-4,7-10,12-13H,1-2,5-6,11H2,(H,18,19). The Balaban J connectivity index is 1.70. The number of thiophene rings is 1. The van der Waals surface area contributed by atoms with Crippen molar-refractivity contribution in [1.29, 1.82) is 0 Å². The van der Waals surface area contributed by atoms with Gasteiger partial charge in [0.1, 0.15) is 0 Å². The zero-order valence-electron chi connectivity index (χ0n) is 11.5. The van der Waals surface area contributed by atoms with Crippen LogP contribution < -0.4 is 5.32 Å². The van der Waals surface area contributed by atoms with E-state index < -0.39 is 0 Å². The Hall–Kier alpha value is -1.61. The van der Waals surface area contributed by atoms with Crippen molar-refractivity contribution >= 4 is 17.2 Å². The zero-order chi connectivity index (χ0) is 13.8. The van der Waals surface area contributed by atoms with Crippen molar-refractivity contribution < 1.29 is 4.79 Å². The first kappa shape index (κ1) is 13.4. The second-order valence-electron chi connectivity index (χ2n) is 5.37. The van der Waals surface area contributed by atoms with Gasteiger partial charge < -0.3 is 5.32 Å². The van der Waals surface area contributed by atoms with Gasteiger partial charge in [0, 0.05) is 12.5 Å². The minimum absolute atomic E-state index is 0.225. The fourth-order valence-electron chi connectivity index (χ4n) is 2.89. The molecule has 104 valence electrons. The van der Waals surface area contributed by atoms with Crippen LogP contribution in [0.3, 0.4) is 0 Å². The van der Waals surface area contributed by atoms with E-state index in [1.807, 2.05) is 6.07 Å². The van der Waals surface area contributed by atoms with Crippen LogP contribution in [0, 0.1) is 5.92 Å². The van der Waals surface area contributed by atoms with Gasteiger partial charge in [-0.05, 0) is 46.4 Å². The lowest BCUT2D eigenvalue weighted by molar-refractivity contribution is -0.124. The maximum atomic E-state index is 12.1. The van der Waals surface area contributed by atoms with Crippen LogP contribution in [0.2, 0.25) is 0 Å². The first-order valence-electron chi connectivity index (χ1n) is 7.23. The molecule has 1 aliphatic carbocycles. The van der Waals surface area contributed by atoms with E-state index in [9.17, 15) is 4.79 Å². The highest BCUT2D eigenvalue weighted by atomic mass is 32.1. The Bertz CT molecular complexity index is 570. The highest BCUT2D eigenvalue weighted by Crippen LogP contribution is 2.27. The van der Waals surface area contributed by atoms with E-state index in [4.69, 9.17) is 0 Å². The summed E-state index contributed by atoms with van der Waals surface area (Å²) in [7, 11) is 0. The Morgan fingerprint density at radius 1 is 1.20 bits per heavy atom. The average molecular weight is 285 g/mol. The summed E-state index contributed by atoms with van der Waals surface area (Å²) in [5, 5.41) is 7.34. The second-order valence-corrected chi connectivity index (χ2v) is 6.15. The molecule has 0 saturated heterocycles. The van der Waals surface area contributed by atoms with Gasteiger partial charge in [0.05, 0.1) is 0 Å². The van der Waals surface area contributed by atoms with E-state index in [0.29, 0.717) is 6.54 Å². The van der Waals surface area contributed by atoms with Gasteiger partial charge in [0.15, 0.2) is 0 Å². The number of amides is 1. The third-order valence-electron chi connectivity index (χ3n) is 4.03. The van der Waals surface area contributed by atoms with Crippen LogP contribution in [0.5, 0.6) is 0 Å². The first-order valence-corrected chi connectivity index (χ1v) is 8.17. The van der Waals surface area contributed by atoms with Crippen molar-refractivity contribution in [3.05, 3.63) is 46.7 Å². The van der Waals surface area contributed by atoms with Gasteiger partial charge in [-0.3, -0.25) is 4.79 Å². The van der Waals surface area contributed by atoms with Crippen LogP contribution in [0.4, 0.5) is 0 Å². The molecule has 1 N–H and O–H groups in total. The zero-order valence-corrected chi connectivity index (χ0v) is 12.3. The van der Waals surface area contributed by atoms with Gasteiger partial charge >= 0.3 is 0 Å². The lowest BCUT2D eigenvalue weighted by Crippen LogP contribution is -2.28. The molecular formula is C17H19NOS. The number of rotatable bonds is 4. The number of carbonyl (C=O) groups is 1. The van der Waals surface area contributed by atoms with Crippen LogP contribution in [0.25, 0.3) is 11.1 Å². The monoisotopic (exact) mass is 285 g/mol. The van der Waals surface area contributed by atoms with Crippen LogP contribution in [0.1, 0.15) is 31.2 Å². The highest BCUT2D eigenvalue weighted by Gasteiger charge is 2.22. The van der Waals surface area contributed by atoms with Crippen molar-refractivity contribution in [2.45, 2.75) is 32.2 Å². The van der Waals surface area contributed by atoms with Crippen molar-refractivity contribution in [2.24, 2.45) is 5.92 Å². The molecule has 0 spiro atoms. The molecule has 1 fully saturated rings. The van der Waals surface area contributed by atoms with Crippen LogP contribution >= 0.6 is 11.3 Å². The van der Waals surface area contributed by atoms with Gasteiger partial charge in [0.25, 0.3) is 0 Å². The van der Waals surface area contributed by atoms with Gasteiger partial charge in [-0.15, -0.1) is 0 Å². The topological polar surface area (TPSA) is 29.1 Å². The van der Waals surface area contributed by atoms with Crippen LogP contribution in [-0.4, -0.2) is 5.91 Å². The molecule has 0 unspecified atom stereocenters. The smallest absolute Gasteiger partial charge is 0.223 e. The molecule has 3 rings (SSSR count). The number of hydrogen-bond donors (Lipinski definition) is 1. The minimum atomic E-state index is 0.225. The minimum Gasteiger partial charge on any atom is -0.352 e. The van der Waals surface area contributed by atoms with Crippen LogP contribution in [-0.2, 0) is 11.3 Å². The SMILES string of the molecule is O=C(NCc1ccccc1-c1ccsc1)C1CCCC1. The molecular weight excluding hydrogens is 266 g/mol. The van der Waals surface area contributed by atoms with Gasteiger partial charge in [0.2, 0.25) is 5.91 Å². The fraction of sp³-hybridized carbons (Fsp3) is 0.353. The lowest BCUT2D eigenvalue weighted by Gasteiger charge is -2.12. The first-order chi connectivity index (χ1) is 9.84. The molecule has 0 bridgehead atoms. The Morgan fingerprint density at radius 3 is 2.75 bits per heavy atom. The summed E-state index contributed by atoms with van der Waals surface area (Å²) in [5.41, 5.74) is 3.65.